The molecule has 0 bridgehead atoms. The van der Waals surface area contributed by atoms with Crippen molar-refractivity contribution >= 4 is 50.5 Å². The summed E-state index contributed by atoms with van der Waals surface area (Å²) in [6, 6.07) is 12.3. The number of hydrogen-bond donors (Lipinski definition) is 2. The van der Waals surface area contributed by atoms with Gasteiger partial charge in [-0.15, -0.1) is 0 Å². The van der Waals surface area contributed by atoms with Gasteiger partial charge in [0.15, 0.2) is 0 Å². The number of nitro groups is 1. The second kappa shape index (κ2) is 14.0. The summed E-state index contributed by atoms with van der Waals surface area (Å²) in [5.74, 6) is -0.133. The van der Waals surface area contributed by atoms with E-state index >= 15 is 0 Å². The summed E-state index contributed by atoms with van der Waals surface area (Å²) >= 11 is 1.14. The molecule has 4 N–H and O–H groups in total. The van der Waals surface area contributed by atoms with E-state index in [0.717, 1.165) is 35.9 Å². The summed E-state index contributed by atoms with van der Waals surface area (Å²) in [4.78, 5) is 23.8. The number of unbranched alkanes of at least 4 members (excludes halogenated alkanes) is 3. The van der Waals surface area contributed by atoms with Gasteiger partial charge >= 0.3 is 5.97 Å². The topological polar surface area (TPSA) is 138 Å². The Morgan fingerprint density at radius 1 is 1.09 bits per heavy atom. The number of nitro benzene ring substituents is 1. The fraction of sp³-hybridized carbons (Fsp3) is 0.417. The summed E-state index contributed by atoms with van der Waals surface area (Å²) in [6.07, 6.45) is 5.27. The Labute approximate surface area is 204 Å². The first-order valence-electron chi connectivity index (χ1n) is 11.4. The summed E-state index contributed by atoms with van der Waals surface area (Å²) in [5.41, 5.74) is 13.9. The minimum atomic E-state index is -0.448. The van der Waals surface area contributed by atoms with Gasteiger partial charge in [-0.3, -0.25) is 14.9 Å². The lowest BCUT2D eigenvalue weighted by atomic mass is 10.2. The molecule has 3 aromatic rings. The van der Waals surface area contributed by atoms with Crippen molar-refractivity contribution < 1.29 is 14.5 Å². The predicted molar refractivity (Wildman–Crippen MR) is 139 cm³/mol. The van der Waals surface area contributed by atoms with Crippen molar-refractivity contribution in [1.82, 2.24) is 4.37 Å². The molecule has 34 heavy (non-hydrogen) atoms. The van der Waals surface area contributed by atoms with Crippen LogP contribution in [0.5, 0.6) is 0 Å². The number of fused-ring (bicyclic) bond motifs is 1. The number of rotatable bonds is 11. The molecule has 0 aliphatic rings. The molecule has 0 amide bonds. The van der Waals surface area contributed by atoms with E-state index in [0.29, 0.717) is 35.5 Å². The molecule has 0 fully saturated rings. The maximum absolute atomic E-state index is 11.5. The number of nitrogens with zero attached hydrogens (tertiary/aromatic N) is 3. The Kier molecular flexibility index (Phi) is 11.0. The number of carbonyl (C=O) groups is 1. The number of anilines is 3. The molecule has 0 unspecified atom stereocenters. The fourth-order valence-electron chi connectivity index (χ4n) is 3.31. The van der Waals surface area contributed by atoms with Crippen molar-refractivity contribution in [2.24, 2.45) is 0 Å². The maximum atomic E-state index is 11.5. The highest BCUT2D eigenvalue weighted by atomic mass is 32.1. The number of nitrogen functional groups attached to an aromatic ring is 2. The SMILES string of the molecule is CCCCCCN(CCC(=O)OCC)c1ccc(N)cc1.Nc1snc2ccc([N+](=O)[O-])cc12. The zero-order valence-electron chi connectivity index (χ0n) is 19.7. The highest BCUT2D eigenvalue weighted by Gasteiger charge is 2.11. The van der Waals surface area contributed by atoms with E-state index in [1.807, 2.05) is 31.2 Å². The molecule has 0 atom stereocenters. The van der Waals surface area contributed by atoms with Gasteiger partial charge < -0.3 is 21.1 Å². The molecule has 0 saturated heterocycles. The third-order valence-corrected chi connectivity index (χ3v) is 5.83. The third kappa shape index (κ3) is 8.51. The monoisotopic (exact) mass is 487 g/mol. The Morgan fingerprint density at radius 2 is 1.82 bits per heavy atom. The van der Waals surface area contributed by atoms with Gasteiger partial charge in [-0.1, -0.05) is 26.2 Å². The molecule has 1 aromatic heterocycles. The Hall–Kier alpha value is -3.40. The predicted octanol–water partition coefficient (Wildman–Crippen LogP) is 5.40. The van der Waals surface area contributed by atoms with E-state index in [2.05, 4.69) is 16.2 Å². The van der Waals surface area contributed by atoms with Gasteiger partial charge in [0.05, 0.1) is 23.5 Å². The van der Waals surface area contributed by atoms with Gasteiger partial charge in [-0.25, -0.2) is 0 Å². The number of non-ortho nitro benzene ring substituents is 1. The Bertz CT molecular complexity index is 1060. The molecule has 0 aliphatic carbocycles. The molecule has 10 heteroatoms. The molecule has 0 spiro atoms. The van der Waals surface area contributed by atoms with Crippen molar-refractivity contribution in [3.63, 3.8) is 0 Å². The Morgan fingerprint density at radius 3 is 2.47 bits per heavy atom. The maximum Gasteiger partial charge on any atom is 0.307 e. The highest BCUT2D eigenvalue weighted by Crippen LogP contribution is 2.27. The van der Waals surface area contributed by atoms with Crippen molar-refractivity contribution in [1.29, 1.82) is 0 Å². The summed E-state index contributed by atoms with van der Waals surface area (Å²) in [5, 5.41) is 11.6. The zero-order valence-corrected chi connectivity index (χ0v) is 20.6. The molecule has 1 heterocycles. The normalized spacial score (nSPS) is 10.4. The van der Waals surface area contributed by atoms with Crippen LogP contribution in [0.2, 0.25) is 0 Å². The van der Waals surface area contributed by atoms with E-state index in [9.17, 15) is 14.9 Å². The minimum absolute atomic E-state index is 0.0411. The van der Waals surface area contributed by atoms with Crippen LogP contribution in [0.1, 0.15) is 46.0 Å². The molecule has 0 saturated carbocycles. The Balaban J connectivity index is 0.000000266. The zero-order chi connectivity index (χ0) is 24.9. The number of esters is 1. The molecule has 2 aromatic carbocycles. The van der Waals surface area contributed by atoms with Gasteiger partial charge in [-0.2, -0.15) is 4.37 Å². The molecular formula is C24H33N5O4S. The first-order chi connectivity index (χ1) is 16.3. The third-order valence-electron chi connectivity index (χ3n) is 5.13. The van der Waals surface area contributed by atoms with Crippen LogP contribution >= 0.6 is 11.5 Å². The van der Waals surface area contributed by atoms with Crippen LogP contribution in [0.15, 0.2) is 42.5 Å². The van der Waals surface area contributed by atoms with Gasteiger partial charge in [-0.05, 0) is 55.2 Å². The van der Waals surface area contributed by atoms with Crippen molar-refractivity contribution in [2.45, 2.75) is 46.0 Å². The fourth-order valence-corrected chi connectivity index (χ4v) is 3.92. The molecule has 3 rings (SSSR count). The minimum Gasteiger partial charge on any atom is -0.466 e. The first-order valence-corrected chi connectivity index (χ1v) is 12.2. The smallest absolute Gasteiger partial charge is 0.307 e. The highest BCUT2D eigenvalue weighted by molar-refractivity contribution is 7.11. The van der Waals surface area contributed by atoms with Crippen LogP contribution in [0, 0.1) is 10.1 Å². The van der Waals surface area contributed by atoms with Crippen LogP contribution in [-0.2, 0) is 9.53 Å². The van der Waals surface area contributed by atoms with E-state index < -0.39 is 4.92 Å². The van der Waals surface area contributed by atoms with Gasteiger partial charge in [0.25, 0.3) is 5.69 Å². The number of carbonyl (C=O) groups excluding carboxylic acids is 1. The van der Waals surface area contributed by atoms with Crippen molar-refractivity contribution in [2.75, 3.05) is 36.1 Å². The molecule has 184 valence electrons. The second-order valence-corrected chi connectivity index (χ2v) is 8.50. The quantitative estimate of drug-likeness (QED) is 0.121. The van der Waals surface area contributed by atoms with Crippen molar-refractivity contribution in [3.05, 3.63) is 52.6 Å². The summed E-state index contributed by atoms with van der Waals surface area (Å²) in [6.45, 7) is 6.13. The largest absolute Gasteiger partial charge is 0.466 e. The number of benzene rings is 2. The average molecular weight is 488 g/mol. The number of aromatic nitrogens is 1. The molecule has 9 nitrogen and oxygen atoms in total. The lowest BCUT2D eigenvalue weighted by molar-refractivity contribution is -0.384. The van der Waals surface area contributed by atoms with E-state index in [1.165, 1.54) is 31.4 Å². The number of ether oxygens (including phenoxy) is 1. The van der Waals surface area contributed by atoms with E-state index in [1.54, 1.807) is 6.07 Å². The summed E-state index contributed by atoms with van der Waals surface area (Å²) in [7, 11) is 0. The van der Waals surface area contributed by atoms with Crippen molar-refractivity contribution in [3.8, 4) is 0 Å². The van der Waals surface area contributed by atoms with Crippen LogP contribution < -0.4 is 16.4 Å². The van der Waals surface area contributed by atoms with Gasteiger partial charge in [0, 0.05) is 42.0 Å². The molecular weight excluding hydrogens is 454 g/mol. The molecule has 0 radical (unpaired) electrons. The average Bonchev–Trinajstić information content (AvgIpc) is 3.20. The standard InChI is InChI=1S/C17H28N2O2.C7H5N3O2S/c1-3-5-6-7-13-19(14-12-17(20)21-4-2)16-10-8-15(18)9-11-16;8-7-5-3-4(10(11)12)1-2-6(5)9-13-7/h8-11H,3-7,12-14,18H2,1-2H3;1-3H,8H2. The van der Waals surface area contributed by atoms with E-state index in [4.69, 9.17) is 16.2 Å². The number of nitrogens with two attached hydrogens (primary N) is 2. The lowest BCUT2D eigenvalue weighted by Crippen LogP contribution is -2.27. The van der Waals surface area contributed by atoms with Crippen LogP contribution in [0.25, 0.3) is 10.9 Å². The van der Waals surface area contributed by atoms with E-state index in [-0.39, 0.29) is 11.7 Å². The number of hydrogen-bond acceptors (Lipinski definition) is 9. The van der Waals surface area contributed by atoms with Gasteiger partial charge in [0.2, 0.25) is 0 Å². The lowest BCUT2D eigenvalue weighted by Gasteiger charge is -2.24. The molecule has 0 aliphatic heterocycles. The first kappa shape index (κ1) is 26.8. The van der Waals surface area contributed by atoms with Crippen LogP contribution in [0.3, 0.4) is 0 Å². The van der Waals surface area contributed by atoms with Crippen LogP contribution in [0.4, 0.5) is 22.1 Å². The summed E-state index contributed by atoms with van der Waals surface area (Å²) < 4.78 is 9.02. The van der Waals surface area contributed by atoms with Gasteiger partial charge in [0.1, 0.15) is 5.00 Å². The second-order valence-electron chi connectivity index (χ2n) is 7.70. The van der Waals surface area contributed by atoms with Crippen LogP contribution in [-0.4, -0.2) is 35.0 Å².